The second kappa shape index (κ2) is 13.7. The molecule has 37 heavy (non-hydrogen) atoms. The maximum atomic E-state index is 13.8. The third-order valence-corrected chi connectivity index (χ3v) is 8.68. The number of rotatable bonds is 10. The summed E-state index contributed by atoms with van der Waals surface area (Å²) in [5.41, 5.74) is -2.38. The molecule has 0 aliphatic rings. The Morgan fingerprint density at radius 2 is 1.54 bits per heavy atom. The molecule has 204 valence electrons. The number of halogens is 9. The summed E-state index contributed by atoms with van der Waals surface area (Å²) in [6.45, 7) is 4.03. The van der Waals surface area contributed by atoms with Crippen molar-refractivity contribution in [2.24, 2.45) is 0 Å². The molecule has 0 bridgehead atoms. The van der Waals surface area contributed by atoms with E-state index in [4.69, 9.17) is 34.8 Å². The standard InChI is InChI=1S/C24H22Cl3F6NOS2/c1-3-36-20(37-4-2)12-34-22(35)15-7-5-13(9-17(15)24(31,32)33)6-8-16(23(28,29)30)14-10-18(25)21(27)19(26)11-14/h5-11,16,20H,3-4,12H2,1-2H3,(H,34,35). The lowest BCUT2D eigenvalue weighted by Gasteiger charge is -2.19. The van der Waals surface area contributed by atoms with Crippen LogP contribution in [0.3, 0.4) is 0 Å². The first-order valence-corrected chi connectivity index (χ1v) is 14.0. The van der Waals surface area contributed by atoms with Crippen LogP contribution in [-0.4, -0.2) is 34.7 Å². The topological polar surface area (TPSA) is 29.1 Å². The Balaban J connectivity index is 2.38. The van der Waals surface area contributed by atoms with Crippen molar-refractivity contribution in [3.63, 3.8) is 0 Å². The van der Waals surface area contributed by atoms with Crippen LogP contribution in [0.25, 0.3) is 6.08 Å². The summed E-state index contributed by atoms with van der Waals surface area (Å²) < 4.78 is 82.6. The monoisotopic (exact) mass is 623 g/mol. The highest BCUT2D eigenvalue weighted by atomic mass is 35.5. The van der Waals surface area contributed by atoms with Crippen molar-refractivity contribution >= 4 is 70.3 Å². The van der Waals surface area contributed by atoms with E-state index in [1.54, 1.807) is 23.5 Å². The Bertz CT molecular complexity index is 1100. The number of thioether (sulfide) groups is 2. The van der Waals surface area contributed by atoms with E-state index in [0.717, 1.165) is 41.8 Å². The zero-order chi connectivity index (χ0) is 28.0. The van der Waals surface area contributed by atoms with Crippen molar-refractivity contribution in [3.8, 4) is 0 Å². The van der Waals surface area contributed by atoms with E-state index in [1.807, 2.05) is 13.8 Å². The van der Waals surface area contributed by atoms with Crippen molar-refractivity contribution in [1.29, 1.82) is 0 Å². The van der Waals surface area contributed by atoms with Gasteiger partial charge in [-0.1, -0.05) is 66.9 Å². The zero-order valence-corrected chi connectivity index (χ0v) is 23.3. The zero-order valence-electron chi connectivity index (χ0n) is 19.4. The van der Waals surface area contributed by atoms with Gasteiger partial charge in [-0.05, 0) is 46.9 Å². The van der Waals surface area contributed by atoms with Crippen LogP contribution in [0.15, 0.2) is 36.4 Å². The van der Waals surface area contributed by atoms with Gasteiger partial charge in [0.2, 0.25) is 0 Å². The van der Waals surface area contributed by atoms with Gasteiger partial charge in [-0.25, -0.2) is 0 Å². The van der Waals surface area contributed by atoms with E-state index < -0.39 is 35.3 Å². The molecule has 2 aromatic rings. The fourth-order valence-corrected chi connectivity index (χ4v) is 6.24. The van der Waals surface area contributed by atoms with Crippen LogP contribution in [-0.2, 0) is 6.18 Å². The second-order valence-corrected chi connectivity index (χ2v) is 12.0. The summed E-state index contributed by atoms with van der Waals surface area (Å²) in [6.07, 6.45) is -8.11. The minimum atomic E-state index is -4.91. The van der Waals surface area contributed by atoms with Crippen molar-refractivity contribution in [3.05, 3.63) is 73.7 Å². The smallest absolute Gasteiger partial charge is 0.350 e. The van der Waals surface area contributed by atoms with Gasteiger partial charge >= 0.3 is 12.4 Å². The maximum absolute atomic E-state index is 13.8. The number of carbonyl (C=O) groups excluding carboxylic acids is 1. The molecule has 0 saturated heterocycles. The minimum absolute atomic E-state index is 0.0235. The number of carbonyl (C=O) groups is 1. The molecule has 2 nitrogen and oxygen atoms in total. The van der Waals surface area contributed by atoms with Gasteiger partial charge in [0.25, 0.3) is 5.91 Å². The van der Waals surface area contributed by atoms with E-state index in [9.17, 15) is 31.1 Å². The highest BCUT2D eigenvalue weighted by molar-refractivity contribution is 8.17. The highest BCUT2D eigenvalue weighted by Gasteiger charge is 2.40. The van der Waals surface area contributed by atoms with Crippen molar-refractivity contribution in [2.45, 2.75) is 36.7 Å². The molecule has 0 spiro atoms. The van der Waals surface area contributed by atoms with Gasteiger partial charge in [0.15, 0.2) is 0 Å². The number of benzene rings is 2. The van der Waals surface area contributed by atoms with Gasteiger partial charge in [-0.2, -0.15) is 26.3 Å². The maximum Gasteiger partial charge on any atom is 0.417 e. The Hall–Kier alpha value is -1.20. The van der Waals surface area contributed by atoms with Crippen LogP contribution < -0.4 is 5.32 Å². The Morgan fingerprint density at radius 3 is 2.03 bits per heavy atom. The molecule has 0 aromatic heterocycles. The molecule has 0 radical (unpaired) electrons. The van der Waals surface area contributed by atoms with E-state index in [-0.39, 0.29) is 37.3 Å². The van der Waals surface area contributed by atoms with E-state index in [2.05, 4.69) is 5.32 Å². The number of amides is 1. The molecule has 13 heteroatoms. The van der Waals surface area contributed by atoms with Crippen molar-refractivity contribution in [1.82, 2.24) is 5.32 Å². The van der Waals surface area contributed by atoms with Gasteiger partial charge in [-0.3, -0.25) is 4.79 Å². The lowest BCUT2D eigenvalue weighted by atomic mass is 9.96. The van der Waals surface area contributed by atoms with E-state index in [1.165, 1.54) is 0 Å². The largest absolute Gasteiger partial charge is 0.417 e. The summed E-state index contributed by atoms with van der Waals surface area (Å²) in [7, 11) is 0. The van der Waals surface area contributed by atoms with Crippen molar-refractivity contribution in [2.75, 3.05) is 18.1 Å². The van der Waals surface area contributed by atoms with E-state index in [0.29, 0.717) is 12.1 Å². The van der Waals surface area contributed by atoms with Gasteiger partial charge in [0.05, 0.1) is 36.7 Å². The molecule has 2 rings (SSSR count). The second-order valence-electron chi connectivity index (χ2n) is 7.53. The van der Waals surface area contributed by atoms with Crippen LogP contribution >= 0.6 is 58.3 Å². The molecule has 0 fully saturated rings. The molecule has 0 aliphatic heterocycles. The summed E-state index contributed by atoms with van der Waals surface area (Å²) in [5.74, 6) is -1.59. The molecule has 2 aromatic carbocycles. The third kappa shape index (κ3) is 9.20. The Kier molecular flexibility index (Phi) is 11.9. The molecule has 1 amide bonds. The summed E-state index contributed by atoms with van der Waals surface area (Å²) in [5, 5.41) is 2.02. The summed E-state index contributed by atoms with van der Waals surface area (Å²) >= 11 is 20.6. The lowest BCUT2D eigenvalue weighted by molar-refractivity contribution is -0.139. The van der Waals surface area contributed by atoms with Crippen LogP contribution in [0.1, 0.15) is 46.8 Å². The van der Waals surface area contributed by atoms with Gasteiger partial charge in [0, 0.05) is 6.54 Å². The highest BCUT2D eigenvalue weighted by Crippen LogP contribution is 2.41. The molecule has 0 saturated carbocycles. The molecule has 1 unspecified atom stereocenters. The third-order valence-electron chi connectivity index (χ3n) is 4.93. The van der Waals surface area contributed by atoms with Gasteiger partial charge < -0.3 is 5.32 Å². The average molecular weight is 625 g/mol. The normalized spacial score (nSPS) is 13.4. The molecule has 0 aliphatic carbocycles. The summed E-state index contributed by atoms with van der Waals surface area (Å²) in [4.78, 5) is 12.6. The number of nitrogens with one attached hydrogen (secondary N) is 1. The van der Waals surface area contributed by atoms with Crippen LogP contribution in [0.5, 0.6) is 0 Å². The predicted octanol–water partition coefficient (Wildman–Crippen LogP) is 9.59. The molecular weight excluding hydrogens is 603 g/mol. The fourth-order valence-electron chi connectivity index (χ4n) is 3.28. The minimum Gasteiger partial charge on any atom is -0.350 e. The first-order chi connectivity index (χ1) is 17.2. The van der Waals surface area contributed by atoms with Crippen molar-refractivity contribution < 1.29 is 31.1 Å². The quantitative estimate of drug-likeness (QED) is 0.162. The van der Waals surface area contributed by atoms with Gasteiger partial charge in [-0.15, -0.1) is 23.5 Å². The van der Waals surface area contributed by atoms with E-state index >= 15 is 0 Å². The Morgan fingerprint density at radius 1 is 0.973 bits per heavy atom. The fraction of sp³-hybridized carbons (Fsp3) is 0.375. The van der Waals surface area contributed by atoms with Crippen LogP contribution in [0, 0.1) is 0 Å². The number of hydrogen-bond donors (Lipinski definition) is 1. The first kappa shape index (κ1) is 32.0. The van der Waals surface area contributed by atoms with Gasteiger partial charge in [0.1, 0.15) is 0 Å². The number of hydrogen-bond acceptors (Lipinski definition) is 3. The Labute approximate surface area is 234 Å². The SMILES string of the molecule is CCSC(CNC(=O)c1ccc(C=CC(c2cc(Cl)c(Cl)c(Cl)c2)C(F)(F)F)cc1C(F)(F)F)SCC. The van der Waals surface area contributed by atoms with Crippen LogP contribution in [0.4, 0.5) is 26.3 Å². The molecular formula is C24H22Cl3F6NOS2. The van der Waals surface area contributed by atoms with Crippen LogP contribution in [0.2, 0.25) is 15.1 Å². The average Bonchev–Trinajstić information content (AvgIpc) is 2.79. The number of allylic oxidation sites excluding steroid dienone is 1. The number of alkyl halides is 6. The molecule has 1 N–H and O–H groups in total. The molecule has 1 atom stereocenters. The summed E-state index contributed by atoms with van der Waals surface area (Å²) in [6, 6.07) is 4.72. The molecule has 0 heterocycles. The first-order valence-electron chi connectivity index (χ1n) is 10.8. The lowest BCUT2D eigenvalue weighted by Crippen LogP contribution is -2.31. The predicted molar refractivity (Wildman–Crippen MR) is 143 cm³/mol.